The van der Waals surface area contributed by atoms with Crippen molar-refractivity contribution >= 4 is 50.2 Å². The lowest BCUT2D eigenvalue weighted by atomic mass is 10.2. The van der Waals surface area contributed by atoms with Gasteiger partial charge in [0.1, 0.15) is 5.82 Å². The molecule has 0 bridgehead atoms. The van der Waals surface area contributed by atoms with Crippen LogP contribution in [0.3, 0.4) is 0 Å². The first kappa shape index (κ1) is 17.3. The van der Waals surface area contributed by atoms with Gasteiger partial charge in [0.05, 0.1) is 28.5 Å². The molecule has 0 radical (unpaired) electrons. The molecule has 5 nitrogen and oxygen atoms in total. The van der Waals surface area contributed by atoms with Gasteiger partial charge in [-0.2, -0.15) is 0 Å². The minimum atomic E-state index is -0.169. The number of fused-ring (bicyclic) bond motifs is 1. The maximum absolute atomic E-state index is 12.2. The Balaban J connectivity index is 1.53. The lowest BCUT2D eigenvalue weighted by Gasteiger charge is -2.02. The second-order valence-corrected chi connectivity index (χ2v) is 7.89. The molecule has 2 aromatic carbocycles. The Morgan fingerprint density at radius 2 is 1.92 bits per heavy atom. The van der Waals surface area contributed by atoms with Gasteiger partial charge in [-0.05, 0) is 35.9 Å². The third kappa shape index (κ3) is 3.70. The van der Waals surface area contributed by atoms with Crippen LogP contribution in [0.1, 0.15) is 5.82 Å². The third-order valence-electron chi connectivity index (χ3n) is 3.77. The minimum Gasteiger partial charge on any atom is -0.333 e. The molecule has 0 aliphatic heterocycles. The Hall–Kier alpha value is -2.09. The van der Waals surface area contributed by atoms with Crippen molar-refractivity contribution in [3.05, 3.63) is 74.3 Å². The first-order valence-corrected chi connectivity index (χ1v) is 9.86. The van der Waals surface area contributed by atoms with Crippen LogP contribution in [0, 0.1) is 0 Å². The Morgan fingerprint density at radius 3 is 2.73 bits per heavy atom. The van der Waals surface area contributed by atoms with Gasteiger partial charge in [-0.1, -0.05) is 51.4 Å². The highest BCUT2D eigenvalue weighted by molar-refractivity contribution is 9.10. The van der Waals surface area contributed by atoms with Crippen molar-refractivity contribution in [3.63, 3.8) is 0 Å². The van der Waals surface area contributed by atoms with Crippen LogP contribution in [0.5, 0.6) is 0 Å². The van der Waals surface area contributed by atoms with Crippen LogP contribution in [0.4, 0.5) is 0 Å². The van der Waals surface area contributed by atoms with E-state index in [9.17, 15) is 4.79 Å². The molecule has 0 atom stereocenters. The number of rotatable bonds is 4. The minimum absolute atomic E-state index is 0.169. The molecule has 0 saturated carbocycles. The second kappa shape index (κ2) is 7.26. The number of aromatic nitrogens is 4. The van der Waals surface area contributed by atoms with Gasteiger partial charge in [-0.25, -0.2) is 9.97 Å². The number of nitrogens with one attached hydrogen (secondary N) is 2. The maximum Gasteiger partial charge on any atom is 0.258 e. The fraction of sp³-hybridized carbons (Fsp3) is 0.0556. The molecule has 0 aliphatic carbocycles. The smallest absolute Gasteiger partial charge is 0.258 e. The number of halogens is 2. The van der Waals surface area contributed by atoms with Crippen LogP contribution in [0.25, 0.3) is 22.2 Å². The predicted molar refractivity (Wildman–Crippen MR) is 109 cm³/mol. The quantitative estimate of drug-likeness (QED) is 0.431. The van der Waals surface area contributed by atoms with Crippen molar-refractivity contribution in [2.75, 3.05) is 0 Å². The lowest BCUT2D eigenvalue weighted by Crippen LogP contribution is -2.11. The summed E-state index contributed by atoms with van der Waals surface area (Å²) in [6.45, 7) is 0. The number of H-pyrrole nitrogens is 2. The first-order chi connectivity index (χ1) is 12.6. The van der Waals surface area contributed by atoms with Gasteiger partial charge in [0.2, 0.25) is 0 Å². The van der Waals surface area contributed by atoms with Crippen molar-refractivity contribution in [1.82, 2.24) is 19.9 Å². The largest absolute Gasteiger partial charge is 0.333 e. The van der Waals surface area contributed by atoms with Gasteiger partial charge in [0, 0.05) is 9.50 Å². The van der Waals surface area contributed by atoms with E-state index < -0.39 is 0 Å². The first-order valence-electron chi connectivity index (χ1n) is 7.71. The van der Waals surface area contributed by atoms with Gasteiger partial charge in [0.25, 0.3) is 5.56 Å². The van der Waals surface area contributed by atoms with Crippen molar-refractivity contribution < 1.29 is 0 Å². The fourth-order valence-corrected chi connectivity index (χ4v) is 3.67. The molecule has 26 heavy (non-hydrogen) atoms. The second-order valence-electron chi connectivity index (χ2n) is 5.57. The van der Waals surface area contributed by atoms with E-state index in [2.05, 4.69) is 35.9 Å². The number of benzene rings is 2. The van der Waals surface area contributed by atoms with Crippen molar-refractivity contribution in [3.8, 4) is 11.3 Å². The summed E-state index contributed by atoms with van der Waals surface area (Å²) in [7, 11) is 0. The average molecular weight is 448 g/mol. The number of thioether (sulfide) groups is 1. The van der Waals surface area contributed by atoms with Gasteiger partial charge < -0.3 is 9.97 Å². The summed E-state index contributed by atoms with van der Waals surface area (Å²) in [5.74, 6) is 1.07. The summed E-state index contributed by atoms with van der Waals surface area (Å²) in [5.41, 5.74) is 2.41. The number of imidazole rings is 1. The van der Waals surface area contributed by atoms with Crippen molar-refractivity contribution in [1.29, 1.82) is 0 Å². The number of hydrogen-bond acceptors (Lipinski definition) is 4. The molecular formula is C18H12BrClN4OS. The number of hydrogen-bond donors (Lipinski definition) is 2. The normalized spacial score (nSPS) is 11.2. The molecule has 2 N–H and O–H groups in total. The highest BCUT2D eigenvalue weighted by Crippen LogP contribution is 2.24. The van der Waals surface area contributed by atoms with E-state index in [1.807, 2.05) is 24.3 Å². The number of aromatic amines is 2. The molecule has 0 spiro atoms. The molecule has 2 heterocycles. The molecule has 4 aromatic rings. The Kier molecular flexibility index (Phi) is 4.84. The van der Waals surface area contributed by atoms with E-state index in [4.69, 9.17) is 11.6 Å². The summed E-state index contributed by atoms with van der Waals surface area (Å²) < 4.78 is 1.03. The molecule has 0 unspecified atom stereocenters. The molecule has 0 amide bonds. The Labute approximate surface area is 166 Å². The SMILES string of the molecule is O=c1[nH]c(CSc2ncc(-c3ccc(Br)cc3)[nH]2)nc2cc(Cl)ccc12. The molecule has 2 aromatic heterocycles. The topological polar surface area (TPSA) is 74.4 Å². The summed E-state index contributed by atoms with van der Waals surface area (Å²) in [5, 5.41) is 1.84. The molecule has 130 valence electrons. The van der Waals surface area contributed by atoms with Crippen LogP contribution in [0.2, 0.25) is 5.02 Å². The summed E-state index contributed by atoms with van der Waals surface area (Å²) in [6.07, 6.45) is 1.79. The van der Waals surface area contributed by atoms with Gasteiger partial charge >= 0.3 is 0 Å². The summed E-state index contributed by atoms with van der Waals surface area (Å²) in [6, 6.07) is 13.0. The lowest BCUT2D eigenvalue weighted by molar-refractivity contribution is 1.02. The molecule has 0 fully saturated rings. The van der Waals surface area contributed by atoms with E-state index >= 15 is 0 Å². The zero-order valence-electron chi connectivity index (χ0n) is 13.3. The highest BCUT2D eigenvalue weighted by atomic mass is 79.9. The predicted octanol–water partition coefficient (Wildman–Crippen LogP) is 5.02. The highest BCUT2D eigenvalue weighted by Gasteiger charge is 2.08. The Morgan fingerprint density at radius 1 is 1.12 bits per heavy atom. The van der Waals surface area contributed by atoms with Gasteiger partial charge in [-0.15, -0.1) is 0 Å². The molecule has 4 rings (SSSR count). The van der Waals surface area contributed by atoms with Gasteiger partial charge in [-0.3, -0.25) is 4.79 Å². The van der Waals surface area contributed by atoms with E-state index in [0.717, 1.165) is 20.9 Å². The van der Waals surface area contributed by atoms with E-state index in [1.54, 1.807) is 24.4 Å². The summed E-state index contributed by atoms with van der Waals surface area (Å²) in [4.78, 5) is 27.1. The molecule has 0 aliphatic rings. The average Bonchev–Trinajstić information content (AvgIpc) is 3.09. The van der Waals surface area contributed by atoms with Crippen LogP contribution < -0.4 is 5.56 Å². The zero-order valence-corrected chi connectivity index (χ0v) is 16.5. The fourth-order valence-electron chi connectivity index (χ4n) is 2.52. The van der Waals surface area contributed by atoms with Crippen LogP contribution in [-0.2, 0) is 5.75 Å². The maximum atomic E-state index is 12.2. The van der Waals surface area contributed by atoms with Crippen molar-refractivity contribution in [2.24, 2.45) is 0 Å². The zero-order chi connectivity index (χ0) is 18.1. The van der Waals surface area contributed by atoms with E-state index in [-0.39, 0.29) is 5.56 Å². The van der Waals surface area contributed by atoms with Crippen molar-refractivity contribution in [2.45, 2.75) is 10.9 Å². The molecule has 0 saturated heterocycles. The van der Waals surface area contributed by atoms with Crippen LogP contribution in [-0.4, -0.2) is 19.9 Å². The molecule has 8 heteroatoms. The molecular weight excluding hydrogens is 436 g/mol. The number of nitrogens with zero attached hydrogens (tertiary/aromatic N) is 2. The van der Waals surface area contributed by atoms with Gasteiger partial charge in [0.15, 0.2) is 5.16 Å². The van der Waals surface area contributed by atoms with Crippen LogP contribution >= 0.6 is 39.3 Å². The summed E-state index contributed by atoms with van der Waals surface area (Å²) >= 11 is 10.9. The van der Waals surface area contributed by atoms with Crippen LogP contribution in [0.15, 0.2) is 63.1 Å². The Bertz CT molecular complexity index is 1140. The van der Waals surface area contributed by atoms with E-state index in [1.165, 1.54) is 11.8 Å². The standard InChI is InChI=1S/C18H12BrClN4OS/c19-11-3-1-10(2-4-11)15-8-21-18(23-15)26-9-16-22-14-7-12(20)5-6-13(14)17(25)24-16/h1-8H,9H2,(H,21,23)(H,22,24,25). The monoisotopic (exact) mass is 446 g/mol. The van der Waals surface area contributed by atoms with E-state index in [0.29, 0.717) is 27.5 Å². The third-order valence-corrected chi connectivity index (χ3v) is 5.43.